The number of aromatic hydroxyl groups is 1. The molecule has 0 amide bonds. The number of para-hydroxylation sites is 4. The number of phenolic OH excluding ortho intramolecular Hbond substituents is 1. The maximum atomic E-state index is 10.9. The first kappa shape index (κ1) is 27.1. The molecule has 0 fully saturated rings. The number of hydrogen-bond acceptors (Lipinski definition) is 3. The van der Waals surface area contributed by atoms with Crippen LogP contribution in [0.25, 0.3) is 77.5 Å². The normalized spacial score (nSPS) is 11.5. The van der Waals surface area contributed by atoms with Gasteiger partial charge in [0.15, 0.2) is 0 Å². The van der Waals surface area contributed by atoms with Crippen molar-refractivity contribution in [1.82, 2.24) is 19.5 Å². The average molecular weight is 739 g/mol. The van der Waals surface area contributed by atoms with Gasteiger partial charge in [0.25, 0.3) is 0 Å². The van der Waals surface area contributed by atoms with E-state index in [0.717, 1.165) is 72.0 Å². The van der Waals surface area contributed by atoms with Gasteiger partial charge in [0, 0.05) is 44.6 Å². The second-order valence-corrected chi connectivity index (χ2v) is 11.1. The summed E-state index contributed by atoms with van der Waals surface area (Å²) in [6.45, 7) is 4.22. The second kappa shape index (κ2) is 10.2. The third kappa shape index (κ3) is 4.26. The molecule has 3 aromatic heterocycles. The minimum Gasteiger partial charge on any atom is -0.656 e. The topological polar surface area (TPSA) is 65.0 Å². The molecule has 8 aromatic rings. The van der Waals surface area contributed by atoms with Gasteiger partial charge in [-0.2, -0.15) is 0 Å². The fourth-order valence-corrected chi connectivity index (χ4v) is 6.38. The Morgan fingerprint density at radius 3 is 2.19 bits per heavy atom. The van der Waals surface area contributed by atoms with E-state index in [9.17, 15) is 5.11 Å². The number of rotatable bonds is 3. The Balaban J connectivity index is 0.00000300. The van der Waals surface area contributed by atoms with Crippen molar-refractivity contribution in [2.75, 3.05) is 0 Å². The number of pyridine rings is 1. The number of aromatic nitrogens is 4. The molecule has 1 N–H and O–H groups in total. The molecule has 5 nitrogen and oxygen atoms in total. The first-order chi connectivity index (χ1) is 20.5. The van der Waals surface area contributed by atoms with Crippen molar-refractivity contribution < 1.29 is 26.2 Å². The van der Waals surface area contributed by atoms with Gasteiger partial charge in [0.1, 0.15) is 17.1 Å². The Labute approximate surface area is 263 Å². The van der Waals surface area contributed by atoms with Crippen molar-refractivity contribution in [3.63, 3.8) is 0 Å². The van der Waals surface area contributed by atoms with Crippen molar-refractivity contribution in [3.8, 4) is 39.5 Å². The van der Waals surface area contributed by atoms with Crippen molar-refractivity contribution in [3.05, 3.63) is 114 Å². The number of nitrogens with zero attached hydrogens (tertiary/aromatic N) is 4. The Kier molecular flexibility index (Phi) is 6.44. The van der Waals surface area contributed by atoms with Crippen molar-refractivity contribution in [1.29, 1.82) is 0 Å². The molecule has 5 aromatic carbocycles. The summed E-state index contributed by atoms with van der Waals surface area (Å²) in [6, 6.07) is 35.0. The van der Waals surface area contributed by atoms with Crippen LogP contribution in [0, 0.1) is 13.8 Å². The van der Waals surface area contributed by atoms with E-state index in [1.54, 1.807) is 6.07 Å². The molecule has 0 radical (unpaired) electrons. The third-order valence-corrected chi connectivity index (χ3v) is 8.24. The number of aryl methyl sites for hydroxylation is 3. The number of imidazole rings is 1. The van der Waals surface area contributed by atoms with Gasteiger partial charge in [0.05, 0.1) is 16.7 Å². The summed E-state index contributed by atoms with van der Waals surface area (Å²) in [5.41, 5.74) is 11.6. The van der Waals surface area contributed by atoms with Crippen molar-refractivity contribution in [2.45, 2.75) is 13.8 Å². The molecule has 0 aliphatic rings. The second-order valence-electron chi connectivity index (χ2n) is 11.1. The molecule has 8 rings (SSSR count). The zero-order valence-electron chi connectivity index (χ0n) is 23.9. The average Bonchev–Trinajstić information content (AvgIpc) is 3.54. The van der Waals surface area contributed by atoms with Crippen LogP contribution in [0.1, 0.15) is 11.1 Å². The van der Waals surface area contributed by atoms with E-state index in [4.69, 9.17) is 15.0 Å². The van der Waals surface area contributed by atoms with Crippen LogP contribution in [0.4, 0.5) is 0 Å². The van der Waals surface area contributed by atoms with Crippen LogP contribution in [0.15, 0.2) is 103 Å². The molecule has 0 spiro atoms. The largest absolute Gasteiger partial charge is 0.656 e. The minimum atomic E-state index is 0. The first-order valence-electron chi connectivity index (χ1n) is 14.1. The summed E-state index contributed by atoms with van der Waals surface area (Å²) in [6.07, 6.45) is 0. The maximum Gasteiger partial charge on any atom is 0.141 e. The molecule has 3 heterocycles. The predicted octanol–water partition coefficient (Wildman–Crippen LogP) is 8.71. The van der Waals surface area contributed by atoms with Crippen LogP contribution >= 0.6 is 0 Å². The standard InChI is InChI=1S/C37H27N4O.Pt/c1-21-17-22(2)19-23(18-21)29-20-31(39-36-26(29)11-8-16-33(36)42)27-12-7-15-32-35(27)40-37(41(32)3)28-13-6-10-25-24-9-4-5-14-30(24)38-34(25)28;/h4-20H,1-3H3,(H-,38,39,40,42);/q-1;. The van der Waals surface area contributed by atoms with Gasteiger partial charge in [-0.05, 0) is 53.9 Å². The van der Waals surface area contributed by atoms with E-state index in [1.807, 2.05) is 24.3 Å². The van der Waals surface area contributed by atoms with Gasteiger partial charge >= 0.3 is 0 Å². The van der Waals surface area contributed by atoms with Gasteiger partial charge in [-0.3, -0.25) is 0 Å². The molecule has 6 heteroatoms. The number of benzene rings is 5. The molecule has 212 valence electrons. The van der Waals surface area contributed by atoms with E-state index >= 15 is 0 Å². The first-order valence-corrected chi connectivity index (χ1v) is 14.1. The Morgan fingerprint density at radius 2 is 1.35 bits per heavy atom. The van der Waals surface area contributed by atoms with E-state index < -0.39 is 0 Å². The fraction of sp³-hybridized carbons (Fsp3) is 0.0811. The summed E-state index contributed by atoms with van der Waals surface area (Å²) in [5.74, 6) is 1.01. The SMILES string of the molecule is Cc1cc(C)cc(-c2cc(-c3cccc4c3nc(-c3cccc5c3[n-]c3ccccc35)n4C)nc3c(O)cccc23)c1.[Pt]. The molecule has 0 saturated carbocycles. The molecular weight excluding hydrogens is 712 g/mol. The van der Waals surface area contributed by atoms with Crippen LogP contribution in [-0.4, -0.2) is 19.6 Å². The van der Waals surface area contributed by atoms with Crippen LogP contribution in [0.2, 0.25) is 0 Å². The summed E-state index contributed by atoms with van der Waals surface area (Å²) in [5, 5.41) is 14.1. The van der Waals surface area contributed by atoms with Crippen LogP contribution in [0.3, 0.4) is 0 Å². The Morgan fingerprint density at radius 1 is 0.651 bits per heavy atom. The molecule has 43 heavy (non-hydrogen) atoms. The molecule has 0 saturated heterocycles. The predicted molar refractivity (Wildman–Crippen MR) is 172 cm³/mol. The third-order valence-electron chi connectivity index (χ3n) is 8.24. The number of fused-ring (bicyclic) bond motifs is 5. The van der Waals surface area contributed by atoms with E-state index in [1.165, 1.54) is 11.1 Å². The summed E-state index contributed by atoms with van der Waals surface area (Å²) < 4.78 is 2.14. The van der Waals surface area contributed by atoms with Gasteiger partial charge in [0.2, 0.25) is 0 Å². The van der Waals surface area contributed by atoms with E-state index in [0.29, 0.717) is 5.52 Å². The molecule has 0 atom stereocenters. The smallest absolute Gasteiger partial charge is 0.141 e. The van der Waals surface area contributed by atoms with Gasteiger partial charge in [-0.15, -0.1) is 11.0 Å². The summed E-state index contributed by atoms with van der Waals surface area (Å²) in [7, 11) is 2.05. The van der Waals surface area contributed by atoms with Crippen molar-refractivity contribution >= 4 is 43.7 Å². The van der Waals surface area contributed by atoms with Gasteiger partial charge in [-0.25, -0.2) is 9.97 Å². The maximum absolute atomic E-state index is 10.9. The quantitative estimate of drug-likeness (QED) is 0.197. The molecular formula is C37H27N4OPt-. The fourth-order valence-electron chi connectivity index (χ4n) is 6.38. The zero-order chi connectivity index (χ0) is 28.5. The zero-order valence-corrected chi connectivity index (χ0v) is 26.1. The number of hydrogen-bond donors (Lipinski definition) is 1. The van der Waals surface area contributed by atoms with E-state index in [-0.39, 0.29) is 26.8 Å². The molecule has 0 unspecified atom stereocenters. The Bertz CT molecular complexity index is 2350. The van der Waals surface area contributed by atoms with E-state index in [2.05, 4.69) is 98.3 Å². The van der Waals surface area contributed by atoms with Crippen LogP contribution in [0.5, 0.6) is 5.75 Å². The summed E-state index contributed by atoms with van der Waals surface area (Å²) >= 11 is 0. The van der Waals surface area contributed by atoms with Gasteiger partial charge in [-0.1, -0.05) is 96.1 Å². The van der Waals surface area contributed by atoms with Gasteiger partial charge < -0.3 is 14.7 Å². The monoisotopic (exact) mass is 738 g/mol. The van der Waals surface area contributed by atoms with Crippen LogP contribution < -0.4 is 4.98 Å². The molecule has 0 aliphatic heterocycles. The van der Waals surface area contributed by atoms with Crippen molar-refractivity contribution in [2.24, 2.45) is 7.05 Å². The summed E-state index contributed by atoms with van der Waals surface area (Å²) in [4.78, 5) is 15.2. The van der Waals surface area contributed by atoms with Crippen LogP contribution in [-0.2, 0) is 28.1 Å². The molecule has 0 bridgehead atoms. The molecule has 0 aliphatic carbocycles. The minimum absolute atomic E-state index is 0. The Hall–Kier alpha value is -4.73. The number of phenols is 1.